The average Bonchev–Trinajstić information content (AvgIpc) is 3.34. The van der Waals surface area contributed by atoms with E-state index in [1.807, 2.05) is 12.1 Å². The molecule has 0 amide bonds. The summed E-state index contributed by atoms with van der Waals surface area (Å²) < 4.78 is 30.6. The summed E-state index contributed by atoms with van der Waals surface area (Å²) in [6, 6.07) is 7.45. The lowest BCUT2D eigenvalue weighted by Crippen LogP contribution is -2.20. The van der Waals surface area contributed by atoms with Crippen molar-refractivity contribution in [3.05, 3.63) is 52.8 Å². The van der Waals surface area contributed by atoms with Crippen LogP contribution in [0, 0.1) is 5.92 Å². The number of hydrogen-bond donors (Lipinski definition) is 1. The summed E-state index contributed by atoms with van der Waals surface area (Å²) in [5.41, 5.74) is 2.39. The minimum atomic E-state index is -3.92. The van der Waals surface area contributed by atoms with Crippen molar-refractivity contribution in [2.24, 2.45) is 5.92 Å². The molecule has 0 saturated heterocycles. The van der Waals surface area contributed by atoms with Gasteiger partial charge in [-0.25, -0.2) is 8.42 Å². The number of ketones is 1. The van der Waals surface area contributed by atoms with Crippen molar-refractivity contribution in [1.29, 1.82) is 0 Å². The Morgan fingerprint density at radius 1 is 1.20 bits per heavy atom. The van der Waals surface area contributed by atoms with Gasteiger partial charge in [-0.3, -0.25) is 4.79 Å². The van der Waals surface area contributed by atoms with Gasteiger partial charge in [0.1, 0.15) is 5.75 Å². The Bertz CT molecular complexity index is 1020. The van der Waals surface area contributed by atoms with Gasteiger partial charge in [0, 0.05) is 18.1 Å². The van der Waals surface area contributed by atoms with Crippen LogP contribution in [-0.4, -0.2) is 25.1 Å². The highest BCUT2D eigenvalue weighted by Crippen LogP contribution is 2.44. The Morgan fingerprint density at radius 2 is 1.83 bits per heavy atom. The molecule has 5 nitrogen and oxygen atoms in total. The van der Waals surface area contributed by atoms with Crippen LogP contribution in [0.2, 0.25) is 0 Å². The molecular formula is C24H32O5S. The SMILES string of the molecule is CC(C)c1cccc([C@H](C)C2CC2)c1CC(=O)CS(=O)(=O)c1cc(C(C)(C)O)co1. The van der Waals surface area contributed by atoms with Crippen molar-refractivity contribution in [3.63, 3.8) is 0 Å². The first-order valence-corrected chi connectivity index (χ1v) is 12.2. The molecule has 0 spiro atoms. The largest absolute Gasteiger partial charge is 0.453 e. The molecule has 0 radical (unpaired) electrons. The van der Waals surface area contributed by atoms with Gasteiger partial charge in [0.25, 0.3) is 0 Å². The minimum absolute atomic E-state index is 0.0963. The second kappa shape index (κ2) is 8.31. The van der Waals surface area contributed by atoms with E-state index in [0.29, 0.717) is 17.4 Å². The molecule has 1 heterocycles. The third-order valence-corrected chi connectivity index (χ3v) is 7.53. The van der Waals surface area contributed by atoms with Gasteiger partial charge >= 0.3 is 0 Å². The van der Waals surface area contributed by atoms with Crippen LogP contribution >= 0.6 is 0 Å². The van der Waals surface area contributed by atoms with Crippen molar-refractivity contribution >= 4 is 15.6 Å². The molecule has 1 fully saturated rings. The fourth-order valence-corrected chi connectivity index (χ4v) is 5.15. The van der Waals surface area contributed by atoms with E-state index in [0.717, 1.165) is 16.7 Å². The van der Waals surface area contributed by atoms with Gasteiger partial charge in [-0.2, -0.15) is 0 Å². The van der Waals surface area contributed by atoms with E-state index in [4.69, 9.17) is 4.42 Å². The molecule has 1 aliphatic carbocycles. The van der Waals surface area contributed by atoms with Gasteiger partial charge in [0.15, 0.2) is 5.78 Å². The second-order valence-corrected chi connectivity index (χ2v) is 11.3. The normalized spacial score (nSPS) is 16.1. The van der Waals surface area contributed by atoms with E-state index in [9.17, 15) is 18.3 Å². The van der Waals surface area contributed by atoms with Crippen LogP contribution in [0.5, 0.6) is 0 Å². The van der Waals surface area contributed by atoms with Crippen molar-refractivity contribution < 1.29 is 22.7 Å². The standard InChI is InChI=1S/C24H32O5S/c1-15(2)20-7-6-8-21(16(3)17-9-10-17)22(20)12-19(25)14-30(27,28)23-11-18(13-29-23)24(4,5)26/h6-8,11,13,15-17,26H,9-10,12,14H2,1-5H3/t16-/m1/s1. The van der Waals surface area contributed by atoms with Gasteiger partial charge in [0.05, 0.1) is 11.9 Å². The topological polar surface area (TPSA) is 84.6 Å². The van der Waals surface area contributed by atoms with Crippen molar-refractivity contribution in [1.82, 2.24) is 0 Å². The van der Waals surface area contributed by atoms with Gasteiger partial charge in [0.2, 0.25) is 14.9 Å². The Morgan fingerprint density at radius 3 is 2.37 bits per heavy atom. The lowest BCUT2D eigenvalue weighted by atomic mass is 9.84. The number of furan rings is 1. The second-order valence-electron chi connectivity index (χ2n) is 9.38. The van der Waals surface area contributed by atoms with Gasteiger partial charge in [-0.15, -0.1) is 0 Å². The van der Waals surface area contributed by atoms with E-state index < -0.39 is 21.2 Å². The van der Waals surface area contributed by atoms with E-state index in [1.165, 1.54) is 25.2 Å². The van der Waals surface area contributed by atoms with Crippen molar-refractivity contribution in [2.45, 2.75) is 76.4 Å². The Balaban J connectivity index is 1.84. The number of carbonyl (C=O) groups is 1. The van der Waals surface area contributed by atoms with Crippen LogP contribution in [0.4, 0.5) is 0 Å². The van der Waals surface area contributed by atoms with E-state index in [-0.39, 0.29) is 23.2 Å². The number of benzene rings is 1. The lowest BCUT2D eigenvalue weighted by molar-refractivity contribution is -0.116. The number of carbonyl (C=O) groups excluding carboxylic acids is 1. The molecule has 0 bridgehead atoms. The molecule has 1 aliphatic rings. The summed E-state index contributed by atoms with van der Waals surface area (Å²) in [6.07, 6.45) is 3.73. The summed E-state index contributed by atoms with van der Waals surface area (Å²) in [5, 5.41) is 9.76. The fraction of sp³-hybridized carbons (Fsp3) is 0.542. The summed E-state index contributed by atoms with van der Waals surface area (Å²) in [7, 11) is -3.92. The van der Waals surface area contributed by atoms with E-state index >= 15 is 0 Å². The van der Waals surface area contributed by atoms with Crippen LogP contribution in [-0.2, 0) is 26.7 Å². The first-order valence-electron chi connectivity index (χ1n) is 10.6. The van der Waals surface area contributed by atoms with Crippen LogP contribution in [0.25, 0.3) is 0 Å². The predicted molar refractivity (Wildman–Crippen MR) is 116 cm³/mol. The van der Waals surface area contributed by atoms with Crippen LogP contribution < -0.4 is 0 Å². The third kappa shape index (κ3) is 5.03. The maximum Gasteiger partial charge on any atom is 0.218 e. The average molecular weight is 433 g/mol. The lowest BCUT2D eigenvalue weighted by Gasteiger charge is -2.21. The number of hydrogen-bond acceptors (Lipinski definition) is 5. The van der Waals surface area contributed by atoms with Gasteiger partial charge < -0.3 is 9.52 Å². The first kappa shape index (κ1) is 22.8. The Hall–Kier alpha value is -1.92. The van der Waals surface area contributed by atoms with Crippen molar-refractivity contribution in [3.8, 4) is 0 Å². The zero-order valence-electron chi connectivity index (χ0n) is 18.4. The van der Waals surface area contributed by atoms with Crippen LogP contribution in [0.3, 0.4) is 0 Å². The highest BCUT2D eigenvalue weighted by atomic mass is 32.2. The fourth-order valence-electron chi connectivity index (χ4n) is 3.98. The molecule has 1 N–H and O–H groups in total. The third-order valence-electron chi connectivity index (χ3n) is 6.00. The molecule has 3 rings (SSSR count). The van der Waals surface area contributed by atoms with Crippen LogP contribution in [0.1, 0.15) is 81.5 Å². The molecule has 164 valence electrons. The zero-order chi connectivity index (χ0) is 22.3. The van der Waals surface area contributed by atoms with E-state index in [2.05, 4.69) is 26.8 Å². The molecule has 2 aromatic rings. The smallest absolute Gasteiger partial charge is 0.218 e. The maximum absolute atomic E-state index is 12.9. The summed E-state index contributed by atoms with van der Waals surface area (Å²) in [6.45, 7) is 9.47. The quantitative estimate of drug-likeness (QED) is 0.619. The Labute approximate surface area is 179 Å². The molecule has 1 atom stereocenters. The number of Topliss-reactive ketones (excluding diaryl/α,β-unsaturated/α-hetero) is 1. The molecular weight excluding hydrogens is 400 g/mol. The highest BCUT2D eigenvalue weighted by Gasteiger charge is 2.32. The molecule has 1 saturated carbocycles. The molecule has 6 heteroatoms. The zero-order valence-corrected chi connectivity index (χ0v) is 19.3. The van der Waals surface area contributed by atoms with Crippen molar-refractivity contribution in [2.75, 3.05) is 5.75 Å². The number of rotatable bonds is 9. The first-order chi connectivity index (χ1) is 13.9. The monoisotopic (exact) mass is 432 g/mol. The predicted octanol–water partition coefficient (Wildman–Crippen LogP) is 4.73. The highest BCUT2D eigenvalue weighted by molar-refractivity contribution is 7.92. The van der Waals surface area contributed by atoms with Crippen LogP contribution in [0.15, 0.2) is 40.0 Å². The molecule has 0 aliphatic heterocycles. The van der Waals surface area contributed by atoms with Gasteiger partial charge in [-0.05, 0) is 61.1 Å². The molecule has 1 aromatic carbocycles. The molecule has 1 aromatic heterocycles. The Kier molecular flexibility index (Phi) is 6.30. The van der Waals surface area contributed by atoms with E-state index in [1.54, 1.807) is 13.8 Å². The number of sulfone groups is 1. The van der Waals surface area contributed by atoms with Gasteiger partial charge in [-0.1, -0.05) is 39.0 Å². The number of aliphatic hydroxyl groups is 1. The molecule has 30 heavy (non-hydrogen) atoms. The summed E-state index contributed by atoms with van der Waals surface area (Å²) in [5.74, 6) is 0.287. The maximum atomic E-state index is 12.9. The summed E-state index contributed by atoms with van der Waals surface area (Å²) in [4.78, 5) is 12.9. The minimum Gasteiger partial charge on any atom is -0.453 e. The summed E-state index contributed by atoms with van der Waals surface area (Å²) >= 11 is 0. The molecule has 0 unspecified atom stereocenters.